The van der Waals surface area contributed by atoms with Crippen molar-refractivity contribution in [2.45, 2.75) is 11.3 Å². The molecule has 0 atom stereocenters. The maximum Gasteiger partial charge on any atom is 0.243 e. The average molecular weight is 589 g/mol. The van der Waals surface area contributed by atoms with Crippen molar-refractivity contribution in [3.8, 4) is 28.3 Å². The van der Waals surface area contributed by atoms with E-state index in [0.29, 0.717) is 18.8 Å². The zero-order valence-electron chi connectivity index (χ0n) is 20.2. The quantitative estimate of drug-likeness (QED) is 0.188. The number of hydrogen-bond donors (Lipinski definition) is 2. The Morgan fingerprint density at radius 2 is 1.82 bits per heavy atom. The molecule has 2 N–H and O–H groups in total. The van der Waals surface area contributed by atoms with Gasteiger partial charge < -0.3 is 10.1 Å². The minimum absolute atomic E-state index is 0.0806. The van der Waals surface area contributed by atoms with E-state index in [2.05, 4.69) is 19.4 Å². The highest BCUT2D eigenvalue weighted by molar-refractivity contribution is 7.89. The number of pyridine rings is 1. The van der Waals surface area contributed by atoms with Gasteiger partial charge in [0, 0.05) is 42.0 Å². The fourth-order valence-electron chi connectivity index (χ4n) is 4.03. The minimum Gasteiger partial charge on any atom is -0.497 e. The Labute approximate surface area is 234 Å². The fourth-order valence-corrected chi connectivity index (χ4v) is 6.96. The molecule has 5 aromatic rings. The molecule has 0 spiro atoms. The van der Waals surface area contributed by atoms with Gasteiger partial charge in [0.05, 0.1) is 28.5 Å². The van der Waals surface area contributed by atoms with Crippen molar-refractivity contribution in [1.82, 2.24) is 19.1 Å². The van der Waals surface area contributed by atoms with Gasteiger partial charge in [-0.25, -0.2) is 23.1 Å². The molecule has 0 aliphatic carbocycles. The number of imidazole rings is 1. The highest BCUT2D eigenvalue weighted by atomic mass is 35.5. The number of ether oxygens (including phenoxy) is 1. The average Bonchev–Trinajstić information content (AvgIpc) is 3.50. The van der Waals surface area contributed by atoms with Gasteiger partial charge in [0.1, 0.15) is 16.5 Å². The second kappa shape index (κ2) is 11.3. The van der Waals surface area contributed by atoms with Crippen molar-refractivity contribution in [2.75, 3.05) is 25.5 Å². The molecule has 3 heterocycles. The summed E-state index contributed by atoms with van der Waals surface area (Å²) < 4.78 is 35.3. The predicted molar refractivity (Wildman–Crippen MR) is 153 cm³/mol. The Morgan fingerprint density at radius 3 is 2.61 bits per heavy atom. The molecule has 0 radical (unpaired) electrons. The van der Waals surface area contributed by atoms with Crippen molar-refractivity contribution in [3.63, 3.8) is 0 Å². The summed E-state index contributed by atoms with van der Waals surface area (Å²) in [6.07, 6.45) is 4.25. The molecule has 0 saturated heterocycles. The molecule has 0 saturated carbocycles. The molecule has 0 unspecified atom stereocenters. The van der Waals surface area contributed by atoms with Crippen LogP contribution in [-0.2, 0) is 10.0 Å². The van der Waals surface area contributed by atoms with Crippen LogP contribution in [0.2, 0.25) is 10.0 Å². The third-order valence-electron chi connectivity index (χ3n) is 5.78. The lowest BCUT2D eigenvalue weighted by atomic mass is 10.1. The predicted octanol–water partition coefficient (Wildman–Crippen LogP) is 6.22. The number of nitrogens with zero attached hydrogens (tertiary/aromatic N) is 3. The first-order valence-corrected chi connectivity index (χ1v) is 14.7. The van der Waals surface area contributed by atoms with Crippen LogP contribution >= 0.6 is 34.5 Å². The Hall–Kier alpha value is -3.15. The van der Waals surface area contributed by atoms with Crippen LogP contribution in [0.4, 0.5) is 5.82 Å². The number of nitrogens with one attached hydrogen (secondary N) is 2. The fraction of sp³-hybridized carbons (Fsp3) is 0.154. The molecule has 0 aliphatic rings. The van der Waals surface area contributed by atoms with E-state index < -0.39 is 10.0 Å². The van der Waals surface area contributed by atoms with E-state index in [1.165, 1.54) is 12.1 Å². The van der Waals surface area contributed by atoms with Gasteiger partial charge in [-0.3, -0.25) is 4.40 Å². The van der Waals surface area contributed by atoms with Crippen LogP contribution in [0, 0.1) is 0 Å². The highest BCUT2D eigenvalue weighted by Crippen LogP contribution is 2.36. The zero-order valence-corrected chi connectivity index (χ0v) is 23.3. The summed E-state index contributed by atoms with van der Waals surface area (Å²) in [7, 11) is -2.19. The third kappa shape index (κ3) is 5.50. The molecule has 0 fully saturated rings. The number of rotatable bonds is 10. The molecule has 5 rings (SSSR count). The minimum atomic E-state index is -3.83. The first-order chi connectivity index (χ1) is 18.4. The van der Waals surface area contributed by atoms with Gasteiger partial charge in [-0.15, -0.1) is 11.3 Å². The van der Waals surface area contributed by atoms with Gasteiger partial charge in [-0.2, -0.15) is 0 Å². The molecule has 2 aromatic carbocycles. The van der Waals surface area contributed by atoms with Crippen molar-refractivity contribution in [1.29, 1.82) is 0 Å². The van der Waals surface area contributed by atoms with Gasteiger partial charge in [0.2, 0.25) is 10.0 Å². The van der Waals surface area contributed by atoms with Crippen LogP contribution in [0.1, 0.15) is 6.42 Å². The van der Waals surface area contributed by atoms with E-state index in [1.807, 2.05) is 48.0 Å². The summed E-state index contributed by atoms with van der Waals surface area (Å²) in [6, 6.07) is 16.3. The number of sulfonamides is 1. The Morgan fingerprint density at radius 1 is 1.03 bits per heavy atom. The van der Waals surface area contributed by atoms with E-state index in [-0.39, 0.29) is 21.5 Å². The molecule has 0 amide bonds. The monoisotopic (exact) mass is 587 g/mol. The zero-order chi connectivity index (χ0) is 26.7. The molecule has 3 aromatic heterocycles. The summed E-state index contributed by atoms with van der Waals surface area (Å²) >= 11 is 13.7. The first-order valence-electron chi connectivity index (χ1n) is 11.6. The van der Waals surface area contributed by atoms with E-state index >= 15 is 0 Å². The number of anilines is 1. The standard InChI is InChI=1S/C26H23Cl2N5O3S2/c1-36-19-6-2-5-17(15-19)23-24(33-13-14-37-26(33)32-23)18-9-12-30-22(16-18)29-10-4-11-31-38(34,35)25-20(27)7-3-8-21(25)28/h2-3,5-9,12-16,31H,4,10-11H2,1H3,(H,29,30). The van der Waals surface area contributed by atoms with Crippen LogP contribution in [0.3, 0.4) is 0 Å². The SMILES string of the molecule is COc1cccc(-c2nc3sccn3c2-c2ccnc(NCCCNS(=O)(=O)c3c(Cl)cccc3Cl)c2)c1. The van der Waals surface area contributed by atoms with Crippen LogP contribution in [0.25, 0.3) is 27.5 Å². The van der Waals surface area contributed by atoms with Crippen molar-refractivity contribution < 1.29 is 13.2 Å². The number of thiazole rings is 1. The van der Waals surface area contributed by atoms with Crippen molar-refractivity contribution in [2.24, 2.45) is 0 Å². The maximum absolute atomic E-state index is 12.6. The molecule has 0 aliphatic heterocycles. The Bertz CT molecular complexity index is 1680. The smallest absolute Gasteiger partial charge is 0.243 e. The van der Waals surface area contributed by atoms with Crippen LogP contribution in [-0.4, -0.2) is 43.0 Å². The van der Waals surface area contributed by atoms with Gasteiger partial charge >= 0.3 is 0 Å². The van der Waals surface area contributed by atoms with E-state index in [1.54, 1.807) is 30.7 Å². The second-order valence-electron chi connectivity index (χ2n) is 8.26. The van der Waals surface area contributed by atoms with Gasteiger partial charge in [0.15, 0.2) is 4.96 Å². The summed E-state index contributed by atoms with van der Waals surface area (Å²) in [5.41, 5.74) is 3.69. The molecule has 8 nitrogen and oxygen atoms in total. The molecule has 38 heavy (non-hydrogen) atoms. The maximum atomic E-state index is 12.6. The van der Waals surface area contributed by atoms with Gasteiger partial charge in [-0.05, 0) is 42.8 Å². The number of aromatic nitrogens is 3. The number of methoxy groups -OCH3 is 1. The third-order valence-corrected chi connectivity index (χ3v) is 8.95. The Balaban J connectivity index is 1.30. The normalized spacial score (nSPS) is 11.7. The molecular formula is C26H23Cl2N5O3S2. The lowest BCUT2D eigenvalue weighted by Crippen LogP contribution is -2.26. The lowest BCUT2D eigenvalue weighted by Gasteiger charge is -2.11. The topological polar surface area (TPSA) is 97.6 Å². The number of hydrogen-bond acceptors (Lipinski definition) is 7. The van der Waals surface area contributed by atoms with Crippen LogP contribution in [0.5, 0.6) is 5.75 Å². The van der Waals surface area contributed by atoms with Crippen LogP contribution in [0.15, 0.2) is 77.3 Å². The second-order valence-corrected chi connectivity index (χ2v) is 11.6. The Kier molecular flexibility index (Phi) is 7.87. The van der Waals surface area contributed by atoms with Gasteiger partial charge in [0.25, 0.3) is 0 Å². The number of fused-ring (bicyclic) bond motifs is 1. The van der Waals surface area contributed by atoms with Crippen LogP contribution < -0.4 is 14.8 Å². The summed E-state index contributed by atoms with van der Waals surface area (Å²) in [6.45, 7) is 0.701. The van der Waals surface area contributed by atoms with Crippen molar-refractivity contribution in [3.05, 3.63) is 82.4 Å². The van der Waals surface area contributed by atoms with E-state index in [4.69, 9.17) is 32.9 Å². The molecule has 0 bridgehead atoms. The summed E-state index contributed by atoms with van der Waals surface area (Å²) in [5, 5.41) is 5.43. The molecule has 196 valence electrons. The van der Waals surface area contributed by atoms with Gasteiger partial charge in [-0.1, -0.05) is 41.4 Å². The highest BCUT2D eigenvalue weighted by Gasteiger charge is 2.21. The largest absolute Gasteiger partial charge is 0.497 e. The number of halogens is 2. The number of benzene rings is 2. The first kappa shape index (κ1) is 26.5. The van der Waals surface area contributed by atoms with Crippen molar-refractivity contribution >= 4 is 55.3 Å². The summed E-state index contributed by atoms with van der Waals surface area (Å²) in [4.78, 5) is 10.1. The van der Waals surface area contributed by atoms with E-state index in [9.17, 15) is 8.42 Å². The molecular weight excluding hydrogens is 565 g/mol. The van der Waals surface area contributed by atoms with E-state index in [0.717, 1.165) is 33.2 Å². The lowest BCUT2D eigenvalue weighted by molar-refractivity contribution is 0.415. The molecule has 12 heteroatoms. The summed E-state index contributed by atoms with van der Waals surface area (Å²) in [5.74, 6) is 1.43.